The standard InChI is InChI=1S/C14H18N4S.HI/c1-3-13-17-12(9-19-13)8-16-14(15)18-11-6-4-10(2)5-7-11;/h4-7,9H,3,8H2,1-2H3,(H3,15,16,18);1H. The lowest BCUT2D eigenvalue weighted by atomic mass is 10.2. The minimum Gasteiger partial charge on any atom is -0.370 e. The minimum absolute atomic E-state index is 0. The van der Waals surface area contributed by atoms with E-state index >= 15 is 0 Å². The zero-order valence-electron chi connectivity index (χ0n) is 11.6. The van der Waals surface area contributed by atoms with Crippen LogP contribution in [0.3, 0.4) is 0 Å². The summed E-state index contributed by atoms with van der Waals surface area (Å²) in [7, 11) is 0. The van der Waals surface area contributed by atoms with E-state index in [1.807, 2.05) is 29.6 Å². The molecule has 1 heterocycles. The molecule has 0 amide bonds. The maximum Gasteiger partial charge on any atom is 0.193 e. The molecule has 0 bridgehead atoms. The number of hydrogen-bond acceptors (Lipinski definition) is 3. The lowest BCUT2D eigenvalue weighted by Crippen LogP contribution is -2.22. The maximum atomic E-state index is 5.85. The van der Waals surface area contributed by atoms with Crippen molar-refractivity contribution in [2.75, 3.05) is 5.32 Å². The van der Waals surface area contributed by atoms with Gasteiger partial charge in [-0.15, -0.1) is 35.3 Å². The molecule has 0 atom stereocenters. The van der Waals surface area contributed by atoms with Gasteiger partial charge in [-0.2, -0.15) is 0 Å². The molecule has 0 fully saturated rings. The van der Waals surface area contributed by atoms with Crippen molar-refractivity contribution in [2.45, 2.75) is 26.8 Å². The summed E-state index contributed by atoms with van der Waals surface area (Å²) >= 11 is 1.67. The van der Waals surface area contributed by atoms with Crippen molar-refractivity contribution in [3.8, 4) is 0 Å². The Balaban J connectivity index is 0.00000200. The van der Waals surface area contributed by atoms with Crippen LogP contribution in [0.2, 0.25) is 0 Å². The van der Waals surface area contributed by atoms with Gasteiger partial charge in [0.05, 0.1) is 17.2 Å². The van der Waals surface area contributed by atoms with Crippen molar-refractivity contribution in [3.63, 3.8) is 0 Å². The summed E-state index contributed by atoms with van der Waals surface area (Å²) in [5.41, 5.74) is 8.98. The van der Waals surface area contributed by atoms with Gasteiger partial charge < -0.3 is 11.1 Å². The SMILES string of the molecule is CCc1nc(CN=C(N)Nc2ccc(C)cc2)cs1.I. The molecule has 20 heavy (non-hydrogen) atoms. The van der Waals surface area contributed by atoms with Crippen LogP contribution >= 0.6 is 35.3 Å². The van der Waals surface area contributed by atoms with Crippen LogP contribution in [0.15, 0.2) is 34.6 Å². The van der Waals surface area contributed by atoms with Crippen LogP contribution in [0.5, 0.6) is 0 Å². The molecule has 0 saturated heterocycles. The Morgan fingerprint density at radius 2 is 2.05 bits per heavy atom. The fourth-order valence-corrected chi connectivity index (χ4v) is 2.31. The molecular weight excluding hydrogens is 383 g/mol. The largest absolute Gasteiger partial charge is 0.370 e. The van der Waals surface area contributed by atoms with Gasteiger partial charge in [0.25, 0.3) is 0 Å². The number of nitrogens with two attached hydrogens (primary N) is 1. The molecule has 1 aromatic heterocycles. The Bertz CT molecular complexity index is 563. The molecule has 0 aliphatic carbocycles. The molecule has 6 heteroatoms. The average Bonchev–Trinajstić information content (AvgIpc) is 2.87. The van der Waals surface area contributed by atoms with Gasteiger partial charge in [-0.1, -0.05) is 24.6 Å². The van der Waals surface area contributed by atoms with Gasteiger partial charge >= 0.3 is 0 Å². The van der Waals surface area contributed by atoms with Crippen LogP contribution in [0, 0.1) is 6.92 Å². The first-order chi connectivity index (χ1) is 9.17. The molecule has 108 valence electrons. The smallest absolute Gasteiger partial charge is 0.193 e. The maximum absolute atomic E-state index is 5.85. The number of thiazole rings is 1. The lowest BCUT2D eigenvalue weighted by molar-refractivity contribution is 0.969. The molecule has 0 saturated carbocycles. The van der Waals surface area contributed by atoms with E-state index in [0.29, 0.717) is 12.5 Å². The Hall–Kier alpha value is -1.15. The van der Waals surface area contributed by atoms with Crippen LogP contribution in [0.1, 0.15) is 23.2 Å². The number of aromatic nitrogens is 1. The Kier molecular flexibility index (Phi) is 6.94. The molecule has 2 aromatic rings. The quantitative estimate of drug-likeness (QED) is 0.467. The second kappa shape index (κ2) is 8.21. The van der Waals surface area contributed by atoms with Crippen LogP contribution in [-0.2, 0) is 13.0 Å². The third-order valence-corrected chi connectivity index (χ3v) is 3.68. The predicted octanol–water partition coefficient (Wildman–Crippen LogP) is 3.56. The lowest BCUT2D eigenvalue weighted by Gasteiger charge is -2.05. The highest BCUT2D eigenvalue weighted by Crippen LogP contribution is 2.11. The summed E-state index contributed by atoms with van der Waals surface area (Å²) in [5, 5.41) is 6.23. The van der Waals surface area contributed by atoms with Crippen LogP contribution in [0.25, 0.3) is 0 Å². The molecule has 4 nitrogen and oxygen atoms in total. The van der Waals surface area contributed by atoms with Crippen molar-refractivity contribution < 1.29 is 0 Å². The van der Waals surface area contributed by atoms with E-state index in [0.717, 1.165) is 22.8 Å². The summed E-state index contributed by atoms with van der Waals surface area (Å²) in [6.07, 6.45) is 0.964. The number of halogens is 1. The van der Waals surface area contributed by atoms with Crippen molar-refractivity contribution in [3.05, 3.63) is 45.9 Å². The predicted molar refractivity (Wildman–Crippen MR) is 97.0 cm³/mol. The Labute approximate surface area is 140 Å². The van der Waals surface area contributed by atoms with Gasteiger partial charge in [-0.05, 0) is 25.5 Å². The van der Waals surface area contributed by atoms with E-state index in [9.17, 15) is 0 Å². The molecular formula is C14H19IN4S. The number of hydrogen-bond donors (Lipinski definition) is 2. The summed E-state index contributed by atoms with van der Waals surface area (Å²) in [6, 6.07) is 8.03. The average molecular weight is 402 g/mol. The number of guanidine groups is 1. The zero-order chi connectivity index (χ0) is 13.7. The normalized spacial score (nSPS) is 11.0. The minimum atomic E-state index is 0. The molecule has 2 rings (SSSR count). The summed E-state index contributed by atoms with van der Waals surface area (Å²) < 4.78 is 0. The number of benzene rings is 1. The second-order valence-electron chi connectivity index (χ2n) is 4.28. The topological polar surface area (TPSA) is 63.3 Å². The van der Waals surface area contributed by atoms with Gasteiger partial charge in [0.15, 0.2) is 5.96 Å². The van der Waals surface area contributed by atoms with Crippen LogP contribution in [-0.4, -0.2) is 10.9 Å². The first-order valence-corrected chi connectivity index (χ1v) is 7.12. The number of nitrogens with one attached hydrogen (secondary N) is 1. The Morgan fingerprint density at radius 3 is 2.65 bits per heavy atom. The van der Waals surface area contributed by atoms with Crippen molar-refractivity contribution in [2.24, 2.45) is 10.7 Å². The molecule has 0 spiro atoms. The van der Waals surface area contributed by atoms with Crippen LogP contribution in [0.4, 0.5) is 5.69 Å². The third-order valence-electron chi connectivity index (χ3n) is 2.64. The van der Waals surface area contributed by atoms with Crippen molar-refractivity contribution in [1.29, 1.82) is 0 Å². The van der Waals surface area contributed by atoms with Crippen LogP contribution < -0.4 is 11.1 Å². The highest BCUT2D eigenvalue weighted by atomic mass is 127. The number of anilines is 1. The van der Waals surface area contributed by atoms with Gasteiger partial charge in [0, 0.05) is 11.1 Å². The van der Waals surface area contributed by atoms with Crippen molar-refractivity contribution >= 4 is 47.0 Å². The summed E-state index contributed by atoms with van der Waals surface area (Å²) in [5.74, 6) is 0.412. The number of rotatable bonds is 4. The molecule has 1 aromatic carbocycles. The van der Waals surface area contributed by atoms with Gasteiger partial charge in [0.1, 0.15) is 0 Å². The first kappa shape index (κ1) is 16.9. The van der Waals surface area contributed by atoms with E-state index in [1.165, 1.54) is 5.56 Å². The fraction of sp³-hybridized carbons (Fsp3) is 0.286. The number of aliphatic imine (C=N–C) groups is 1. The highest BCUT2D eigenvalue weighted by Gasteiger charge is 2.00. The molecule has 0 unspecified atom stereocenters. The van der Waals surface area contributed by atoms with Gasteiger partial charge in [0.2, 0.25) is 0 Å². The number of aryl methyl sites for hydroxylation is 2. The monoisotopic (exact) mass is 402 g/mol. The van der Waals surface area contributed by atoms with Crippen molar-refractivity contribution in [1.82, 2.24) is 4.98 Å². The summed E-state index contributed by atoms with van der Waals surface area (Å²) in [4.78, 5) is 8.73. The van der Waals surface area contributed by atoms with E-state index < -0.39 is 0 Å². The van der Waals surface area contributed by atoms with E-state index in [1.54, 1.807) is 11.3 Å². The summed E-state index contributed by atoms with van der Waals surface area (Å²) in [6.45, 7) is 4.66. The van der Waals surface area contributed by atoms with Gasteiger partial charge in [-0.25, -0.2) is 9.98 Å². The molecule has 3 N–H and O–H groups in total. The second-order valence-corrected chi connectivity index (χ2v) is 5.22. The number of nitrogens with zero attached hydrogens (tertiary/aromatic N) is 2. The molecule has 0 radical (unpaired) electrons. The third kappa shape index (κ3) is 5.09. The fourth-order valence-electron chi connectivity index (χ4n) is 1.57. The zero-order valence-corrected chi connectivity index (χ0v) is 14.7. The Morgan fingerprint density at radius 1 is 1.35 bits per heavy atom. The highest BCUT2D eigenvalue weighted by molar-refractivity contribution is 14.0. The molecule has 0 aliphatic rings. The first-order valence-electron chi connectivity index (χ1n) is 6.24. The van der Waals surface area contributed by atoms with Gasteiger partial charge in [-0.3, -0.25) is 0 Å². The van der Waals surface area contributed by atoms with E-state index in [-0.39, 0.29) is 24.0 Å². The van der Waals surface area contributed by atoms with E-state index in [4.69, 9.17) is 5.73 Å². The van der Waals surface area contributed by atoms with E-state index in [2.05, 4.69) is 29.1 Å². The molecule has 0 aliphatic heterocycles.